The molecule has 0 fully saturated rings. The first-order valence-corrected chi connectivity index (χ1v) is 8.20. The fourth-order valence-corrected chi connectivity index (χ4v) is 3.81. The van der Waals surface area contributed by atoms with Crippen LogP contribution in [0.3, 0.4) is 0 Å². The maximum absolute atomic E-state index is 12.5. The molecule has 1 aromatic rings. The van der Waals surface area contributed by atoms with Crippen molar-refractivity contribution in [1.82, 2.24) is 4.31 Å². The maximum atomic E-state index is 12.5. The number of anilines is 1. The largest absolute Gasteiger partial charge is 0.399 e. The third-order valence-electron chi connectivity index (χ3n) is 3.63. The van der Waals surface area contributed by atoms with Crippen molar-refractivity contribution in [2.24, 2.45) is 5.41 Å². The first kappa shape index (κ1) is 15.1. The molecule has 0 unspecified atom stereocenters. The Labute approximate surface area is 121 Å². The van der Waals surface area contributed by atoms with E-state index in [1.54, 1.807) is 18.2 Å². The molecule has 0 aromatic heterocycles. The Morgan fingerprint density at radius 2 is 1.95 bits per heavy atom. The van der Waals surface area contributed by atoms with Crippen molar-refractivity contribution in [2.75, 3.05) is 18.8 Å². The summed E-state index contributed by atoms with van der Waals surface area (Å²) >= 11 is 0. The van der Waals surface area contributed by atoms with Gasteiger partial charge in [0.1, 0.15) is 0 Å². The summed E-state index contributed by atoms with van der Waals surface area (Å²) in [4.78, 5) is 0.269. The van der Waals surface area contributed by atoms with Crippen molar-refractivity contribution in [3.05, 3.63) is 35.9 Å². The molecule has 0 atom stereocenters. The van der Waals surface area contributed by atoms with E-state index in [1.165, 1.54) is 15.9 Å². The van der Waals surface area contributed by atoms with Gasteiger partial charge in [0.25, 0.3) is 0 Å². The number of nitrogen functional groups attached to an aromatic ring is 1. The fourth-order valence-electron chi connectivity index (χ4n) is 2.37. The van der Waals surface area contributed by atoms with E-state index in [2.05, 4.69) is 20.8 Å². The second-order valence-electron chi connectivity index (χ2n) is 6.16. The Morgan fingerprint density at radius 1 is 1.25 bits per heavy atom. The van der Waals surface area contributed by atoms with Crippen LogP contribution in [0.1, 0.15) is 27.2 Å². The van der Waals surface area contributed by atoms with Gasteiger partial charge in [0.15, 0.2) is 0 Å². The standard InChI is InChI=1S/C15H22N2O2S/c1-15(2,3)12-7-9-17(10-8-12)20(18,19)14-6-4-5-13(16)11-14/h4-7,11H,8-10,16H2,1-3H3. The van der Waals surface area contributed by atoms with E-state index >= 15 is 0 Å². The molecule has 0 amide bonds. The summed E-state index contributed by atoms with van der Waals surface area (Å²) in [5.41, 5.74) is 7.56. The van der Waals surface area contributed by atoms with Gasteiger partial charge in [-0.3, -0.25) is 0 Å². The van der Waals surface area contributed by atoms with E-state index in [1.807, 2.05) is 6.08 Å². The summed E-state index contributed by atoms with van der Waals surface area (Å²) in [6.45, 7) is 7.42. The topological polar surface area (TPSA) is 63.4 Å². The molecule has 20 heavy (non-hydrogen) atoms. The van der Waals surface area contributed by atoms with Crippen LogP contribution in [0.15, 0.2) is 40.8 Å². The van der Waals surface area contributed by atoms with Crippen LogP contribution in [-0.2, 0) is 10.0 Å². The highest BCUT2D eigenvalue weighted by Gasteiger charge is 2.28. The van der Waals surface area contributed by atoms with Crippen molar-refractivity contribution in [3.63, 3.8) is 0 Å². The van der Waals surface area contributed by atoms with Gasteiger partial charge in [-0.1, -0.05) is 38.5 Å². The van der Waals surface area contributed by atoms with Crippen molar-refractivity contribution in [2.45, 2.75) is 32.1 Å². The number of rotatable bonds is 2. The van der Waals surface area contributed by atoms with Crippen LogP contribution < -0.4 is 5.73 Å². The highest BCUT2D eigenvalue weighted by molar-refractivity contribution is 7.89. The van der Waals surface area contributed by atoms with Crippen LogP contribution in [0.5, 0.6) is 0 Å². The monoisotopic (exact) mass is 294 g/mol. The summed E-state index contributed by atoms with van der Waals surface area (Å²) in [6.07, 6.45) is 2.82. The van der Waals surface area contributed by atoms with Crippen LogP contribution in [0, 0.1) is 5.41 Å². The summed E-state index contributed by atoms with van der Waals surface area (Å²) in [5.74, 6) is 0. The van der Waals surface area contributed by atoms with Crippen molar-refractivity contribution < 1.29 is 8.42 Å². The van der Waals surface area contributed by atoms with Crippen LogP contribution in [-0.4, -0.2) is 25.8 Å². The molecule has 1 aliphatic rings. The van der Waals surface area contributed by atoms with E-state index in [0.29, 0.717) is 18.8 Å². The van der Waals surface area contributed by atoms with E-state index in [0.717, 1.165) is 6.42 Å². The molecule has 1 aliphatic heterocycles. The van der Waals surface area contributed by atoms with E-state index in [-0.39, 0.29) is 10.3 Å². The van der Waals surface area contributed by atoms with Gasteiger partial charge in [-0.05, 0) is 30.0 Å². The van der Waals surface area contributed by atoms with Gasteiger partial charge >= 0.3 is 0 Å². The number of hydrogen-bond donors (Lipinski definition) is 1. The number of nitrogens with zero attached hydrogens (tertiary/aromatic N) is 1. The third kappa shape index (κ3) is 3.04. The number of benzene rings is 1. The summed E-state index contributed by atoms with van der Waals surface area (Å²) in [6, 6.07) is 6.46. The van der Waals surface area contributed by atoms with Gasteiger partial charge in [0.05, 0.1) is 4.90 Å². The first-order chi connectivity index (χ1) is 9.21. The van der Waals surface area contributed by atoms with Crippen LogP contribution in [0.2, 0.25) is 0 Å². The number of nitrogens with two attached hydrogens (primary N) is 1. The minimum Gasteiger partial charge on any atom is -0.399 e. The van der Waals surface area contributed by atoms with Crippen LogP contribution in [0.25, 0.3) is 0 Å². The highest BCUT2D eigenvalue weighted by Crippen LogP contribution is 2.31. The Hall–Kier alpha value is -1.33. The van der Waals surface area contributed by atoms with E-state index < -0.39 is 10.0 Å². The lowest BCUT2D eigenvalue weighted by Gasteiger charge is -2.31. The van der Waals surface area contributed by atoms with Gasteiger partial charge in [-0.2, -0.15) is 4.31 Å². The molecule has 2 rings (SSSR count). The Balaban J connectivity index is 2.24. The van der Waals surface area contributed by atoms with E-state index in [4.69, 9.17) is 5.73 Å². The predicted molar refractivity (Wildman–Crippen MR) is 81.8 cm³/mol. The SMILES string of the molecule is CC(C)(C)C1=CCN(S(=O)(=O)c2cccc(N)c2)CC1. The van der Waals surface area contributed by atoms with Gasteiger partial charge in [0, 0.05) is 18.8 Å². The second-order valence-corrected chi connectivity index (χ2v) is 8.10. The van der Waals surface area contributed by atoms with Gasteiger partial charge in [-0.25, -0.2) is 8.42 Å². The maximum Gasteiger partial charge on any atom is 0.243 e. The van der Waals surface area contributed by atoms with Crippen molar-refractivity contribution in [3.8, 4) is 0 Å². The molecule has 4 nitrogen and oxygen atoms in total. The van der Waals surface area contributed by atoms with Crippen molar-refractivity contribution in [1.29, 1.82) is 0 Å². The third-order valence-corrected chi connectivity index (χ3v) is 5.49. The molecule has 0 saturated carbocycles. The average molecular weight is 294 g/mol. The lowest BCUT2D eigenvalue weighted by Crippen LogP contribution is -2.36. The predicted octanol–water partition coefficient (Wildman–Crippen LogP) is 2.64. The molecule has 5 heteroatoms. The molecule has 0 spiro atoms. The zero-order valence-electron chi connectivity index (χ0n) is 12.3. The molecule has 0 aliphatic carbocycles. The van der Waals surface area contributed by atoms with Crippen molar-refractivity contribution >= 4 is 15.7 Å². The normalized spacial score (nSPS) is 17.9. The Bertz CT molecular complexity index is 628. The molecular formula is C15H22N2O2S. The second kappa shape index (κ2) is 5.22. The molecule has 1 heterocycles. The molecule has 0 saturated heterocycles. The van der Waals surface area contributed by atoms with Crippen LogP contribution >= 0.6 is 0 Å². The molecule has 2 N–H and O–H groups in total. The quantitative estimate of drug-likeness (QED) is 0.673. The first-order valence-electron chi connectivity index (χ1n) is 6.76. The fraction of sp³-hybridized carbons (Fsp3) is 0.467. The van der Waals surface area contributed by atoms with Gasteiger partial charge in [-0.15, -0.1) is 0 Å². The molecule has 1 aromatic carbocycles. The zero-order valence-corrected chi connectivity index (χ0v) is 13.1. The number of hydrogen-bond acceptors (Lipinski definition) is 3. The summed E-state index contributed by atoms with van der Waals surface area (Å²) in [5, 5.41) is 0. The highest BCUT2D eigenvalue weighted by atomic mass is 32.2. The minimum absolute atomic E-state index is 0.104. The molecule has 0 bridgehead atoms. The molecule has 110 valence electrons. The van der Waals surface area contributed by atoms with E-state index in [9.17, 15) is 8.42 Å². The Kier molecular flexibility index (Phi) is 3.93. The molecule has 0 radical (unpaired) electrons. The smallest absolute Gasteiger partial charge is 0.243 e. The van der Waals surface area contributed by atoms with Gasteiger partial charge < -0.3 is 5.73 Å². The van der Waals surface area contributed by atoms with Gasteiger partial charge in [0.2, 0.25) is 10.0 Å². The zero-order chi connectivity index (χ0) is 15.0. The lowest BCUT2D eigenvalue weighted by molar-refractivity contribution is 0.389. The van der Waals surface area contributed by atoms with Crippen LogP contribution in [0.4, 0.5) is 5.69 Å². The minimum atomic E-state index is -3.44. The molecular weight excluding hydrogens is 272 g/mol. The number of sulfonamides is 1. The summed E-state index contributed by atoms with van der Waals surface area (Å²) < 4.78 is 26.6. The summed E-state index contributed by atoms with van der Waals surface area (Å²) in [7, 11) is -3.44. The average Bonchev–Trinajstić information content (AvgIpc) is 2.38. The lowest BCUT2D eigenvalue weighted by atomic mass is 9.83. The Morgan fingerprint density at radius 3 is 2.45 bits per heavy atom.